The number of nitrogens with zero attached hydrogens (tertiary/aromatic N) is 1. The molecule has 2 saturated heterocycles. The number of allylic oxidation sites excluding steroid dienone is 4. The fraction of sp³-hybridized carbons (Fsp3) is 0.762. The van der Waals surface area contributed by atoms with Crippen molar-refractivity contribution in [1.82, 2.24) is 4.90 Å². The molecule has 1 saturated carbocycles. The second-order valence-corrected chi connectivity index (χ2v) is 16.6. The zero-order chi connectivity index (χ0) is 40.4. The van der Waals surface area contributed by atoms with Crippen molar-refractivity contribution in [3.8, 4) is 0 Å². The van der Waals surface area contributed by atoms with Crippen LogP contribution < -0.4 is 0 Å². The van der Waals surface area contributed by atoms with Gasteiger partial charge in [-0.15, -0.1) is 6.58 Å². The first-order valence-corrected chi connectivity index (χ1v) is 20.3. The summed E-state index contributed by atoms with van der Waals surface area (Å²) in [5.74, 6) is -7.48. The molecule has 3 fully saturated rings. The molecular formula is C42H65NO12. The number of fused-ring (bicyclic) bond motifs is 3. The largest absolute Gasteiger partial charge is 0.456 e. The lowest BCUT2D eigenvalue weighted by molar-refractivity contribution is -0.274. The monoisotopic (exact) mass is 775 g/mol. The van der Waals surface area contributed by atoms with E-state index in [1.165, 1.54) is 7.11 Å². The molecule has 2 bridgehead atoms. The lowest BCUT2D eigenvalue weighted by Crippen LogP contribution is -2.60. The average molecular weight is 776 g/mol. The van der Waals surface area contributed by atoms with Gasteiger partial charge in [-0.25, -0.2) is 4.79 Å². The van der Waals surface area contributed by atoms with Gasteiger partial charge in [0.15, 0.2) is 5.78 Å². The van der Waals surface area contributed by atoms with Crippen LogP contribution in [0.1, 0.15) is 97.8 Å². The van der Waals surface area contributed by atoms with E-state index >= 15 is 0 Å². The minimum absolute atomic E-state index is 0.0104. The number of esters is 1. The quantitative estimate of drug-likeness (QED) is 0.144. The zero-order valence-corrected chi connectivity index (χ0v) is 33.1. The van der Waals surface area contributed by atoms with Crippen molar-refractivity contribution in [3.05, 3.63) is 36.5 Å². The van der Waals surface area contributed by atoms with Crippen molar-refractivity contribution in [3.63, 3.8) is 0 Å². The number of hydrogen-bond donors (Lipinski definition) is 5. The van der Waals surface area contributed by atoms with E-state index in [1.807, 2.05) is 26.0 Å². The van der Waals surface area contributed by atoms with E-state index in [9.17, 15) is 44.7 Å². The smallest absolute Gasteiger partial charge is 0.329 e. The van der Waals surface area contributed by atoms with Crippen LogP contribution in [0.25, 0.3) is 0 Å². The number of rotatable bonds is 7. The highest BCUT2D eigenvalue weighted by atomic mass is 16.6. The third-order valence-electron chi connectivity index (χ3n) is 12.3. The average Bonchev–Trinajstić information content (AvgIpc) is 3.17. The zero-order valence-electron chi connectivity index (χ0n) is 33.1. The van der Waals surface area contributed by atoms with Crippen LogP contribution in [0.4, 0.5) is 0 Å². The number of carbonyl (C=O) groups is 4. The maximum atomic E-state index is 14.1. The van der Waals surface area contributed by atoms with Crippen LogP contribution >= 0.6 is 0 Å². The summed E-state index contributed by atoms with van der Waals surface area (Å²) in [5, 5.41) is 53.6. The normalized spacial score (nSPS) is 40.5. The van der Waals surface area contributed by atoms with Crippen molar-refractivity contribution >= 4 is 23.4 Å². The van der Waals surface area contributed by atoms with Gasteiger partial charge in [0.1, 0.15) is 12.1 Å². The van der Waals surface area contributed by atoms with Gasteiger partial charge in [0.25, 0.3) is 11.7 Å². The van der Waals surface area contributed by atoms with E-state index in [4.69, 9.17) is 14.2 Å². The number of aliphatic hydroxyl groups is 5. The Morgan fingerprint density at radius 3 is 2.35 bits per heavy atom. The standard InChI is InChI=1S/C42H65NO12/c1-6-9-29-19-25(2)18-26(3)20-37(53-5)38-30(23-44)15-16-42(52,55-38)39(49)40(50)43-17-8-7-10-32(43)41(51)54-36(27(4)34(47)22-35(29)48)14-12-28-11-13-33(46)31(21-28)24-45/h6,12,14,19,25-28,30-34,36-38,44-47,52H,1,7-11,13,15-18,20-24H2,2-5H3/b14-12?,29-19+/t25?,26-,27+,28-,30+,31-,32?,33+,34-,36+,37-,38-,42+/m0/s1. The number of cyclic esters (lactones) is 1. The molecule has 1 amide bonds. The van der Waals surface area contributed by atoms with Gasteiger partial charge in [0, 0.05) is 57.5 Å². The van der Waals surface area contributed by atoms with E-state index in [2.05, 4.69) is 6.58 Å². The summed E-state index contributed by atoms with van der Waals surface area (Å²) in [4.78, 5) is 56.8. The van der Waals surface area contributed by atoms with E-state index in [-0.39, 0.29) is 74.9 Å². The molecule has 13 nitrogen and oxygen atoms in total. The maximum absolute atomic E-state index is 14.1. The topological polar surface area (TPSA) is 200 Å². The third-order valence-corrected chi connectivity index (χ3v) is 12.3. The van der Waals surface area contributed by atoms with Crippen LogP contribution in [0.2, 0.25) is 0 Å². The molecule has 2 unspecified atom stereocenters. The second-order valence-electron chi connectivity index (χ2n) is 16.6. The van der Waals surface area contributed by atoms with Crippen LogP contribution in [-0.4, -0.2) is 123 Å². The predicted octanol–water partition coefficient (Wildman–Crippen LogP) is 3.19. The Kier molecular flexibility index (Phi) is 16.8. The first kappa shape index (κ1) is 44.9. The van der Waals surface area contributed by atoms with Gasteiger partial charge in [0.2, 0.25) is 5.79 Å². The highest BCUT2D eigenvalue weighted by molar-refractivity contribution is 6.39. The number of ether oxygens (including phenoxy) is 3. The number of amides is 1. The molecule has 4 rings (SSSR count). The summed E-state index contributed by atoms with van der Waals surface area (Å²) in [6.45, 7) is 9.14. The molecule has 4 aliphatic rings. The first-order valence-electron chi connectivity index (χ1n) is 20.3. The van der Waals surface area contributed by atoms with Crippen LogP contribution in [0.15, 0.2) is 36.5 Å². The fourth-order valence-corrected chi connectivity index (χ4v) is 8.90. The van der Waals surface area contributed by atoms with Crippen molar-refractivity contribution < 1.29 is 58.9 Å². The Hall–Kier alpha value is -2.78. The number of Topliss-reactive ketones (excluding diaryl/α,β-unsaturated/α-hetero) is 2. The second kappa shape index (κ2) is 20.6. The van der Waals surface area contributed by atoms with E-state index in [1.54, 1.807) is 19.1 Å². The lowest BCUT2D eigenvalue weighted by Gasteiger charge is -2.44. The molecule has 3 heterocycles. The number of hydrogen-bond acceptors (Lipinski definition) is 12. The van der Waals surface area contributed by atoms with Gasteiger partial charge in [-0.2, -0.15) is 0 Å². The molecule has 55 heavy (non-hydrogen) atoms. The molecule has 0 aromatic carbocycles. The summed E-state index contributed by atoms with van der Waals surface area (Å²) in [5.41, 5.74) is 0.505. The van der Waals surface area contributed by atoms with Gasteiger partial charge < -0.3 is 44.6 Å². The number of ketones is 2. The molecule has 0 aromatic heterocycles. The molecular weight excluding hydrogens is 710 g/mol. The van der Waals surface area contributed by atoms with Gasteiger partial charge in [0.05, 0.1) is 24.4 Å². The van der Waals surface area contributed by atoms with Crippen molar-refractivity contribution in [2.24, 2.45) is 35.5 Å². The minimum Gasteiger partial charge on any atom is -0.456 e. The Labute approximate surface area is 325 Å². The van der Waals surface area contributed by atoms with Crippen LogP contribution in [0.3, 0.4) is 0 Å². The van der Waals surface area contributed by atoms with Crippen LogP contribution in [0, 0.1) is 35.5 Å². The summed E-state index contributed by atoms with van der Waals surface area (Å²) in [6.07, 6.45) is 6.67. The molecule has 0 spiro atoms. The van der Waals surface area contributed by atoms with E-state index in [0.717, 1.165) is 4.90 Å². The molecule has 0 aromatic rings. The third kappa shape index (κ3) is 11.4. The number of carbonyl (C=O) groups excluding carboxylic acids is 4. The number of aliphatic hydroxyl groups excluding tert-OH is 4. The highest BCUT2D eigenvalue weighted by Crippen LogP contribution is 2.37. The number of methoxy groups -OCH3 is 1. The van der Waals surface area contributed by atoms with Crippen molar-refractivity contribution in [2.45, 2.75) is 140 Å². The predicted molar refractivity (Wildman–Crippen MR) is 203 cm³/mol. The SMILES string of the molecule is C=CC/C1=C\C(C)C[C@H](C)C[C@H](OC)[C@H]2O[C@](O)(CC[C@@H]2CO)C(=O)C(=O)N2CCCCC2C(=O)O[C@H](C=C[C@@H]2CC[C@@H](O)[C@H](CO)C2)[C@H](C)[C@@H](O)CC1=O. The van der Waals surface area contributed by atoms with Gasteiger partial charge in [-0.05, 0) is 93.6 Å². The molecule has 3 aliphatic heterocycles. The lowest BCUT2D eigenvalue weighted by atomic mass is 9.79. The van der Waals surface area contributed by atoms with E-state index < -0.39 is 71.8 Å². The van der Waals surface area contributed by atoms with Gasteiger partial charge >= 0.3 is 5.97 Å². The Morgan fingerprint density at radius 2 is 1.67 bits per heavy atom. The van der Waals surface area contributed by atoms with Crippen LogP contribution in [0.5, 0.6) is 0 Å². The number of piperidine rings is 1. The maximum Gasteiger partial charge on any atom is 0.329 e. The van der Waals surface area contributed by atoms with Crippen LogP contribution in [-0.2, 0) is 33.4 Å². The van der Waals surface area contributed by atoms with Gasteiger partial charge in [-0.3, -0.25) is 14.4 Å². The summed E-state index contributed by atoms with van der Waals surface area (Å²) >= 11 is 0. The molecule has 0 radical (unpaired) electrons. The summed E-state index contributed by atoms with van der Waals surface area (Å²) in [7, 11) is 1.49. The Balaban J connectivity index is 1.73. The molecule has 13 heteroatoms. The summed E-state index contributed by atoms with van der Waals surface area (Å²) in [6, 6.07) is -1.16. The fourth-order valence-electron chi connectivity index (χ4n) is 8.90. The molecule has 310 valence electrons. The Morgan fingerprint density at radius 1 is 0.945 bits per heavy atom. The van der Waals surface area contributed by atoms with Crippen molar-refractivity contribution in [1.29, 1.82) is 0 Å². The van der Waals surface area contributed by atoms with Gasteiger partial charge in [-0.1, -0.05) is 39.0 Å². The van der Waals surface area contributed by atoms with Crippen molar-refractivity contribution in [2.75, 3.05) is 26.9 Å². The molecule has 1 aliphatic carbocycles. The highest BCUT2D eigenvalue weighted by Gasteiger charge is 2.52. The minimum atomic E-state index is -2.50. The van der Waals surface area contributed by atoms with E-state index in [0.29, 0.717) is 56.9 Å². The Bertz CT molecular complexity index is 1400. The summed E-state index contributed by atoms with van der Waals surface area (Å²) < 4.78 is 18.0. The molecule has 13 atom stereocenters. The first-order chi connectivity index (χ1) is 26.2. The molecule has 5 N–H and O–H groups in total.